The molecule has 27 heavy (non-hydrogen) atoms. The molecule has 1 aromatic heterocycles. The number of rotatable bonds is 4. The van der Waals surface area contributed by atoms with Gasteiger partial charge in [-0.05, 0) is 30.7 Å². The molecule has 0 radical (unpaired) electrons. The molecule has 0 bridgehead atoms. The molecule has 0 fully saturated rings. The highest BCUT2D eigenvalue weighted by atomic mass is 19.3. The Labute approximate surface area is 152 Å². The summed E-state index contributed by atoms with van der Waals surface area (Å²) >= 11 is 0. The smallest absolute Gasteiger partial charge is 0.272 e. The Hall–Kier alpha value is -2.83. The summed E-state index contributed by atoms with van der Waals surface area (Å²) in [6, 6.07) is 4.10. The molecule has 0 atom stereocenters. The van der Waals surface area contributed by atoms with E-state index in [4.69, 9.17) is 0 Å². The van der Waals surface area contributed by atoms with Crippen LogP contribution in [0.2, 0.25) is 0 Å². The Balaban J connectivity index is 2.05. The molecule has 1 aliphatic carbocycles. The number of pyridine rings is 1. The van der Waals surface area contributed by atoms with Crippen LogP contribution in [-0.4, -0.2) is 16.6 Å². The van der Waals surface area contributed by atoms with Crippen LogP contribution in [0.1, 0.15) is 52.2 Å². The van der Waals surface area contributed by atoms with Crippen molar-refractivity contribution in [3.05, 3.63) is 75.6 Å². The zero-order valence-corrected chi connectivity index (χ0v) is 14.6. The number of hydrogen-bond donors (Lipinski definition) is 0. The minimum absolute atomic E-state index is 0.00279. The maximum absolute atomic E-state index is 14.1. The normalized spacial score (nSPS) is 14.6. The Kier molecular flexibility index (Phi) is 4.71. The van der Waals surface area contributed by atoms with Crippen molar-refractivity contribution in [1.82, 2.24) is 4.98 Å². The summed E-state index contributed by atoms with van der Waals surface area (Å²) in [6.45, 7) is 2.36. The molecule has 3 rings (SSSR count). The molecular weight excluding hydrogens is 362 g/mol. The van der Waals surface area contributed by atoms with Crippen LogP contribution in [0.4, 0.5) is 17.6 Å². The third-order valence-corrected chi connectivity index (χ3v) is 4.51. The van der Waals surface area contributed by atoms with E-state index in [0.29, 0.717) is 0 Å². The van der Waals surface area contributed by atoms with Crippen molar-refractivity contribution in [2.24, 2.45) is 0 Å². The Bertz CT molecular complexity index is 973. The second kappa shape index (κ2) is 6.72. The van der Waals surface area contributed by atoms with Crippen LogP contribution in [0.5, 0.6) is 0 Å². The van der Waals surface area contributed by atoms with Gasteiger partial charge >= 0.3 is 0 Å². The largest absolute Gasteiger partial charge is 0.289 e. The number of carbonyl (C=O) groups excluding carboxylic acids is 2. The van der Waals surface area contributed by atoms with Gasteiger partial charge in [0.15, 0.2) is 11.6 Å². The van der Waals surface area contributed by atoms with Crippen molar-refractivity contribution in [2.75, 3.05) is 0 Å². The summed E-state index contributed by atoms with van der Waals surface area (Å²) in [5.41, 5.74) is -1.10. The van der Waals surface area contributed by atoms with Crippen LogP contribution in [0.25, 0.3) is 0 Å². The van der Waals surface area contributed by atoms with Gasteiger partial charge in [0.1, 0.15) is 11.6 Å². The molecule has 0 N–H and O–H groups in total. The lowest BCUT2D eigenvalue weighted by Crippen LogP contribution is -2.26. The number of aromatic nitrogens is 1. The van der Waals surface area contributed by atoms with Crippen LogP contribution >= 0.6 is 0 Å². The van der Waals surface area contributed by atoms with Gasteiger partial charge in [0.05, 0.1) is 11.1 Å². The van der Waals surface area contributed by atoms with Crippen molar-refractivity contribution in [3.63, 3.8) is 0 Å². The number of nitrogens with zero attached hydrogens (tertiary/aromatic N) is 1. The van der Waals surface area contributed by atoms with E-state index in [1.165, 1.54) is 12.1 Å². The molecule has 0 unspecified atom stereocenters. The van der Waals surface area contributed by atoms with Gasteiger partial charge in [-0.15, -0.1) is 0 Å². The van der Waals surface area contributed by atoms with Gasteiger partial charge in [0, 0.05) is 41.9 Å². The van der Waals surface area contributed by atoms with E-state index in [2.05, 4.69) is 4.98 Å². The molecule has 0 saturated carbocycles. The lowest BCUT2D eigenvalue weighted by atomic mass is 9.80. The summed E-state index contributed by atoms with van der Waals surface area (Å²) in [4.78, 5) is 29.3. The molecule has 0 aliphatic heterocycles. The molecule has 2 aromatic rings. The van der Waals surface area contributed by atoms with Crippen molar-refractivity contribution in [3.8, 4) is 0 Å². The standard InChI is InChI=1S/C20H15F4NO2/c1-3-12-13(8-11-5-4-10(9-25-11)20(2,23)24)19(27)17-15(22)7-6-14(21)16(17)18(12)26/h4-7,9H,3,8H2,1-2H3. The zero-order valence-electron chi connectivity index (χ0n) is 14.6. The third-order valence-electron chi connectivity index (χ3n) is 4.51. The highest BCUT2D eigenvalue weighted by Gasteiger charge is 2.36. The van der Waals surface area contributed by atoms with Crippen LogP contribution in [0.3, 0.4) is 0 Å². The SMILES string of the molecule is CCC1=C(Cc2ccc(C(C)(F)F)cn2)C(=O)c2c(F)ccc(F)c2C1=O. The molecule has 0 spiro atoms. The maximum Gasteiger partial charge on any atom is 0.272 e. The lowest BCUT2D eigenvalue weighted by Gasteiger charge is -2.21. The molecular formula is C20H15F4NO2. The van der Waals surface area contributed by atoms with Crippen LogP contribution in [0, 0.1) is 11.6 Å². The first-order valence-corrected chi connectivity index (χ1v) is 8.27. The van der Waals surface area contributed by atoms with Crippen LogP contribution in [0.15, 0.2) is 41.6 Å². The minimum Gasteiger partial charge on any atom is -0.289 e. The monoisotopic (exact) mass is 377 g/mol. The van der Waals surface area contributed by atoms with E-state index in [9.17, 15) is 27.2 Å². The van der Waals surface area contributed by atoms with E-state index < -0.39 is 40.3 Å². The number of allylic oxidation sites excluding steroid dienone is 2. The number of benzene rings is 1. The van der Waals surface area contributed by atoms with E-state index in [0.717, 1.165) is 25.3 Å². The Morgan fingerprint density at radius 3 is 1.93 bits per heavy atom. The molecule has 1 aromatic carbocycles. The van der Waals surface area contributed by atoms with E-state index in [-0.39, 0.29) is 35.2 Å². The van der Waals surface area contributed by atoms with Crippen molar-refractivity contribution < 1.29 is 27.2 Å². The fraction of sp³-hybridized carbons (Fsp3) is 0.250. The first-order chi connectivity index (χ1) is 12.6. The van der Waals surface area contributed by atoms with Gasteiger partial charge < -0.3 is 0 Å². The number of carbonyl (C=O) groups is 2. The van der Waals surface area contributed by atoms with Crippen LogP contribution in [-0.2, 0) is 12.3 Å². The summed E-state index contributed by atoms with van der Waals surface area (Å²) < 4.78 is 54.8. The number of ketones is 2. The van der Waals surface area contributed by atoms with Gasteiger partial charge in [-0.25, -0.2) is 17.6 Å². The quantitative estimate of drug-likeness (QED) is 0.719. The predicted molar refractivity (Wildman–Crippen MR) is 89.8 cm³/mol. The van der Waals surface area contributed by atoms with Gasteiger partial charge in [-0.3, -0.25) is 14.6 Å². The van der Waals surface area contributed by atoms with Gasteiger partial charge in [-0.1, -0.05) is 6.92 Å². The van der Waals surface area contributed by atoms with Crippen molar-refractivity contribution in [2.45, 2.75) is 32.6 Å². The molecule has 0 saturated heterocycles. The lowest BCUT2D eigenvalue weighted by molar-refractivity contribution is 0.0171. The Morgan fingerprint density at radius 2 is 1.48 bits per heavy atom. The average Bonchev–Trinajstić information content (AvgIpc) is 2.61. The molecule has 1 aliphatic rings. The molecule has 3 nitrogen and oxygen atoms in total. The second-order valence-corrected chi connectivity index (χ2v) is 6.35. The topological polar surface area (TPSA) is 47.0 Å². The van der Waals surface area contributed by atoms with E-state index >= 15 is 0 Å². The minimum atomic E-state index is -3.06. The summed E-state index contributed by atoms with van der Waals surface area (Å²) in [5, 5.41) is 0. The predicted octanol–water partition coefficient (Wildman–Crippen LogP) is 4.80. The van der Waals surface area contributed by atoms with Crippen molar-refractivity contribution >= 4 is 11.6 Å². The molecule has 7 heteroatoms. The Morgan fingerprint density at radius 1 is 0.926 bits per heavy atom. The van der Waals surface area contributed by atoms with Gasteiger partial charge in [-0.2, -0.15) is 0 Å². The average molecular weight is 377 g/mol. The first-order valence-electron chi connectivity index (χ1n) is 8.27. The fourth-order valence-electron chi connectivity index (χ4n) is 3.10. The van der Waals surface area contributed by atoms with Crippen molar-refractivity contribution in [1.29, 1.82) is 0 Å². The molecule has 0 amide bonds. The molecule has 140 valence electrons. The first kappa shape index (κ1) is 18.9. The zero-order chi connectivity index (χ0) is 19.9. The van der Waals surface area contributed by atoms with Gasteiger partial charge in [0.25, 0.3) is 5.92 Å². The number of Topliss-reactive ketones (excluding diaryl/α,β-unsaturated/α-hetero) is 2. The summed E-state index contributed by atoms with van der Waals surface area (Å²) in [5.74, 6) is -6.52. The number of alkyl halides is 2. The van der Waals surface area contributed by atoms with E-state index in [1.54, 1.807) is 6.92 Å². The third kappa shape index (κ3) is 3.29. The van der Waals surface area contributed by atoms with Crippen LogP contribution < -0.4 is 0 Å². The maximum atomic E-state index is 14.1. The molecule has 1 heterocycles. The number of halogens is 4. The van der Waals surface area contributed by atoms with E-state index in [1.807, 2.05) is 0 Å². The fourth-order valence-corrected chi connectivity index (χ4v) is 3.10. The summed E-state index contributed by atoms with van der Waals surface area (Å²) in [6.07, 6.45) is 0.990. The number of fused-ring (bicyclic) bond motifs is 1. The highest BCUT2D eigenvalue weighted by molar-refractivity contribution is 6.27. The van der Waals surface area contributed by atoms with Gasteiger partial charge in [0.2, 0.25) is 0 Å². The number of hydrogen-bond acceptors (Lipinski definition) is 3. The summed E-state index contributed by atoms with van der Waals surface area (Å²) in [7, 11) is 0. The second-order valence-electron chi connectivity index (χ2n) is 6.35. The highest BCUT2D eigenvalue weighted by Crippen LogP contribution is 2.33.